The molecular weight excluding hydrogens is 436 g/mol. The lowest BCUT2D eigenvalue weighted by Gasteiger charge is -2.39. The number of carbonyl (C=O) groups excluding carboxylic acids is 2. The zero-order valence-corrected chi connectivity index (χ0v) is 20.3. The number of carbonyl (C=O) groups is 2. The fourth-order valence-electron chi connectivity index (χ4n) is 5.09. The van der Waals surface area contributed by atoms with Crippen LogP contribution in [0.5, 0.6) is 0 Å². The van der Waals surface area contributed by atoms with Crippen LogP contribution in [0, 0.1) is 0 Å². The van der Waals surface area contributed by atoms with E-state index in [4.69, 9.17) is 0 Å². The number of urea groups is 1. The van der Waals surface area contributed by atoms with Crippen LogP contribution in [0.1, 0.15) is 12.5 Å². The molecule has 0 saturated carbocycles. The Hall–Kier alpha value is -3.96. The van der Waals surface area contributed by atoms with Crippen molar-refractivity contribution in [2.45, 2.75) is 12.5 Å². The van der Waals surface area contributed by atoms with E-state index in [9.17, 15) is 9.59 Å². The third-order valence-electron chi connectivity index (χ3n) is 7.01. The Morgan fingerprint density at radius 1 is 0.588 bits per heavy atom. The molecular formula is C29H26N2O2Si. The molecule has 0 spiro atoms. The molecule has 4 aromatic carbocycles. The standard InChI is InChI=1S/C29H26N2O2Si/c1-29(23-15-7-3-8-16-23)27(32)31(28(33)30(29)2)34(24-17-9-4-10-18-24,25-19-11-5-12-20-25)26-21-13-6-14-22-26/h3-22H,1-2H3. The zero-order chi connectivity index (χ0) is 23.8. The first-order valence-corrected chi connectivity index (χ1v) is 13.3. The third kappa shape index (κ3) is 3.05. The highest BCUT2D eigenvalue weighted by Crippen LogP contribution is 2.38. The van der Waals surface area contributed by atoms with Crippen molar-refractivity contribution in [2.24, 2.45) is 0 Å². The van der Waals surface area contributed by atoms with E-state index in [0.29, 0.717) is 0 Å². The van der Waals surface area contributed by atoms with Crippen molar-refractivity contribution in [3.05, 3.63) is 127 Å². The molecule has 3 amide bonds. The summed E-state index contributed by atoms with van der Waals surface area (Å²) in [5, 5.41) is 2.96. The summed E-state index contributed by atoms with van der Waals surface area (Å²) in [5.41, 5.74) is -0.301. The van der Waals surface area contributed by atoms with E-state index in [2.05, 4.69) is 0 Å². The Morgan fingerprint density at radius 3 is 1.32 bits per heavy atom. The Bertz CT molecular complexity index is 1220. The lowest BCUT2D eigenvalue weighted by atomic mass is 9.91. The van der Waals surface area contributed by atoms with Gasteiger partial charge in [-0.15, -0.1) is 0 Å². The maximum Gasteiger partial charge on any atom is 0.320 e. The Kier molecular flexibility index (Phi) is 5.42. The minimum atomic E-state index is -3.29. The van der Waals surface area contributed by atoms with Gasteiger partial charge < -0.3 is 4.90 Å². The highest BCUT2D eigenvalue weighted by Gasteiger charge is 2.62. The largest absolute Gasteiger partial charge is 0.320 e. The molecule has 0 radical (unpaired) electrons. The second kappa shape index (κ2) is 8.43. The molecule has 34 heavy (non-hydrogen) atoms. The first kappa shape index (κ1) is 21.9. The van der Waals surface area contributed by atoms with Gasteiger partial charge in [-0.3, -0.25) is 9.36 Å². The van der Waals surface area contributed by atoms with Crippen LogP contribution in [0.4, 0.5) is 4.79 Å². The first-order valence-electron chi connectivity index (χ1n) is 11.4. The molecule has 1 aliphatic heterocycles. The molecule has 1 heterocycles. The smallest absolute Gasteiger partial charge is 0.309 e. The van der Waals surface area contributed by atoms with Crippen LogP contribution in [0.25, 0.3) is 0 Å². The highest BCUT2D eigenvalue weighted by molar-refractivity contribution is 7.11. The number of hydrogen-bond acceptors (Lipinski definition) is 2. The number of benzene rings is 4. The number of amides is 3. The Labute approximate surface area is 201 Å². The van der Waals surface area contributed by atoms with Gasteiger partial charge in [0.25, 0.3) is 14.1 Å². The lowest BCUT2D eigenvalue weighted by Crippen LogP contribution is -2.78. The van der Waals surface area contributed by atoms with Crippen molar-refractivity contribution in [1.29, 1.82) is 0 Å². The molecule has 5 heteroatoms. The summed E-state index contributed by atoms with van der Waals surface area (Å²) >= 11 is 0. The molecule has 4 nitrogen and oxygen atoms in total. The van der Waals surface area contributed by atoms with Gasteiger partial charge in [-0.25, -0.2) is 4.79 Å². The van der Waals surface area contributed by atoms with Crippen LogP contribution < -0.4 is 15.6 Å². The summed E-state index contributed by atoms with van der Waals surface area (Å²) in [7, 11) is -1.56. The minimum Gasteiger partial charge on any atom is -0.309 e. The molecule has 0 N–H and O–H groups in total. The van der Waals surface area contributed by atoms with E-state index < -0.39 is 13.8 Å². The molecule has 0 aromatic heterocycles. The van der Waals surface area contributed by atoms with Crippen LogP contribution in [0.3, 0.4) is 0 Å². The maximum absolute atomic E-state index is 14.5. The van der Waals surface area contributed by atoms with Crippen LogP contribution in [-0.4, -0.2) is 36.7 Å². The number of nitrogens with zero attached hydrogens (tertiary/aromatic N) is 2. The van der Waals surface area contributed by atoms with Gasteiger partial charge >= 0.3 is 6.03 Å². The monoisotopic (exact) mass is 462 g/mol. The van der Waals surface area contributed by atoms with Crippen LogP contribution in [-0.2, 0) is 10.3 Å². The van der Waals surface area contributed by atoms with Gasteiger partial charge in [0.05, 0.1) is 0 Å². The van der Waals surface area contributed by atoms with Gasteiger partial charge in [-0.05, 0) is 28.0 Å². The van der Waals surface area contributed by atoms with Gasteiger partial charge in [0, 0.05) is 7.05 Å². The van der Waals surface area contributed by atoms with Crippen molar-refractivity contribution >= 4 is 35.7 Å². The van der Waals surface area contributed by atoms with Gasteiger partial charge in [0.1, 0.15) is 5.54 Å². The van der Waals surface area contributed by atoms with Crippen molar-refractivity contribution in [3.63, 3.8) is 0 Å². The number of likely N-dealkylation sites (N-methyl/N-ethyl adjacent to an activating group) is 1. The summed E-state index contributed by atoms with van der Waals surface area (Å²) in [6.07, 6.45) is 0. The average Bonchev–Trinajstić information content (AvgIpc) is 3.08. The van der Waals surface area contributed by atoms with Gasteiger partial charge in [0.2, 0.25) is 0 Å². The predicted molar refractivity (Wildman–Crippen MR) is 138 cm³/mol. The predicted octanol–water partition coefficient (Wildman–Crippen LogP) is 3.46. The fraction of sp³-hybridized carbons (Fsp3) is 0.103. The molecule has 1 fully saturated rings. The van der Waals surface area contributed by atoms with Gasteiger partial charge in [-0.1, -0.05) is 121 Å². The second-order valence-electron chi connectivity index (χ2n) is 8.73. The quantitative estimate of drug-likeness (QED) is 0.259. The molecule has 1 unspecified atom stereocenters. The number of imide groups is 1. The molecule has 0 bridgehead atoms. The van der Waals surface area contributed by atoms with Crippen molar-refractivity contribution in [2.75, 3.05) is 7.05 Å². The molecule has 1 saturated heterocycles. The van der Waals surface area contributed by atoms with E-state index in [1.165, 1.54) is 0 Å². The second-order valence-corrected chi connectivity index (χ2v) is 12.3. The molecule has 1 aliphatic rings. The van der Waals surface area contributed by atoms with Crippen LogP contribution in [0.15, 0.2) is 121 Å². The summed E-state index contributed by atoms with van der Waals surface area (Å²) in [5.74, 6) is -0.200. The summed E-state index contributed by atoms with van der Waals surface area (Å²) in [4.78, 5) is 30.2. The molecule has 4 aromatic rings. The number of hydrogen-bond donors (Lipinski definition) is 0. The Morgan fingerprint density at radius 2 is 0.941 bits per heavy atom. The van der Waals surface area contributed by atoms with E-state index in [-0.39, 0.29) is 11.9 Å². The molecule has 0 aliphatic carbocycles. The van der Waals surface area contributed by atoms with E-state index >= 15 is 0 Å². The first-order chi connectivity index (χ1) is 16.5. The van der Waals surface area contributed by atoms with Crippen molar-refractivity contribution in [3.8, 4) is 0 Å². The van der Waals surface area contributed by atoms with Gasteiger partial charge in [-0.2, -0.15) is 0 Å². The van der Waals surface area contributed by atoms with Crippen LogP contribution in [0.2, 0.25) is 0 Å². The van der Waals surface area contributed by atoms with Crippen molar-refractivity contribution in [1.82, 2.24) is 9.47 Å². The highest BCUT2D eigenvalue weighted by atomic mass is 28.3. The van der Waals surface area contributed by atoms with Crippen molar-refractivity contribution < 1.29 is 9.59 Å². The van der Waals surface area contributed by atoms with Crippen LogP contribution >= 0.6 is 0 Å². The Balaban J connectivity index is 1.85. The molecule has 168 valence electrons. The molecule has 1 atom stereocenters. The minimum absolute atomic E-state index is 0.200. The normalized spacial score (nSPS) is 18.4. The number of rotatable bonds is 5. The van der Waals surface area contributed by atoms with E-state index in [0.717, 1.165) is 21.1 Å². The average molecular weight is 463 g/mol. The zero-order valence-electron chi connectivity index (χ0n) is 19.3. The SMILES string of the molecule is CN1C(=O)N([Si](c2ccccc2)(c2ccccc2)c2ccccc2)C(=O)C1(C)c1ccccc1. The molecule has 5 rings (SSSR count). The topological polar surface area (TPSA) is 40.6 Å². The summed E-state index contributed by atoms with van der Waals surface area (Å²) in [6, 6.07) is 39.3. The third-order valence-corrected chi connectivity index (χ3v) is 11.6. The van der Waals surface area contributed by atoms with E-state index in [1.54, 1.807) is 16.5 Å². The maximum atomic E-state index is 14.5. The van der Waals surface area contributed by atoms with E-state index in [1.807, 2.05) is 128 Å². The lowest BCUT2D eigenvalue weighted by molar-refractivity contribution is -0.130. The fourth-order valence-corrected chi connectivity index (χ4v) is 9.85. The van der Waals surface area contributed by atoms with Gasteiger partial charge in [0.15, 0.2) is 0 Å². The summed E-state index contributed by atoms with van der Waals surface area (Å²) < 4.78 is 1.60. The summed E-state index contributed by atoms with van der Waals surface area (Å²) in [6.45, 7) is 1.85.